The van der Waals surface area contributed by atoms with Crippen molar-refractivity contribution in [2.75, 3.05) is 5.32 Å². The van der Waals surface area contributed by atoms with Crippen molar-refractivity contribution < 1.29 is 29.3 Å². The van der Waals surface area contributed by atoms with Gasteiger partial charge in [0, 0.05) is 11.6 Å². The van der Waals surface area contributed by atoms with Gasteiger partial charge in [-0.1, -0.05) is 31.4 Å². The second-order valence-electron chi connectivity index (χ2n) is 6.46. The molecule has 1 amide bonds. The highest BCUT2D eigenvalue weighted by atomic mass is 16.5. The average Bonchev–Trinajstić information content (AvgIpc) is 2.62. The Morgan fingerprint density at radius 1 is 1.15 bits per heavy atom. The van der Waals surface area contributed by atoms with Gasteiger partial charge in [-0.25, -0.2) is 4.79 Å². The molecule has 142 valence electrons. The normalized spacial score (nSPS) is 17.3. The standard InChI is InChI=1S/C18H24N2O6/c19-14(17(22)23)15(18(24)25)26-10-11-5-4-8-13(9-11)20-16(21)12-6-2-1-3-7-12/h4-5,8-9,12,14-15H,1-3,6-7,10,19H2,(H,20,21)(H,22,23)(H,24,25)/t14-,15-/m0/s1. The minimum absolute atomic E-state index is 0.0147. The van der Waals surface area contributed by atoms with Crippen molar-refractivity contribution in [3.63, 3.8) is 0 Å². The molecule has 0 unspecified atom stereocenters. The number of benzene rings is 1. The van der Waals surface area contributed by atoms with Gasteiger partial charge in [-0.3, -0.25) is 9.59 Å². The highest BCUT2D eigenvalue weighted by Crippen LogP contribution is 2.25. The lowest BCUT2D eigenvalue weighted by molar-refractivity contribution is -0.159. The van der Waals surface area contributed by atoms with E-state index in [4.69, 9.17) is 20.7 Å². The van der Waals surface area contributed by atoms with Crippen molar-refractivity contribution in [2.45, 2.75) is 50.9 Å². The largest absolute Gasteiger partial charge is 0.480 e. The van der Waals surface area contributed by atoms with Crippen LogP contribution in [0, 0.1) is 5.92 Å². The maximum absolute atomic E-state index is 12.3. The molecule has 1 aromatic carbocycles. The predicted octanol–water partition coefficient (Wildman–Crippen LogP) is 1.59. The van der Waals surface area contributed by atoms with Crippen LogP contribution in [0.15, 0.2) is 24.3 Å². The Balaban J connectivity index is 1.96. The van der Waals surface area contributed by atoms with Crippen LogP contribution in [0.1, 0.15) is 37.7 Å². The Kier molecular flexibility index (Phi) is 7.11. The molecule has 8 nitrogen and oxygen atoms in total. The van der Waals surface area contributed by atoms with Crippen molar-refractivity contribution in [2.24, 2.45) is 11.7 Å². The second-order valence-corrected chi connectivity index (χ2v) is 6.46. The van der Waals surface area contributed by atoms with E-state index in [-0.39, 0.29) is 18.4 Å². The lowest BCUT2D eigenvalue weighted by Gasteiger charge is -2.21. The lowest BCUT2D eigenvalue weighted by atomic mass is 9.88. The van der Waals surface area contributed by atoms with Gasteiger partial charge >= 0.3 is 11.9 Å². The summed E-state index contributed by atoms with van der Waals surface area (Å²) in [4.78, 5) is 34.3. The van der Waals surface area contributed by atoms with Gasteiger partial charge in [-0.2, -0.15) is 0 Å². The summed E-state index contributed by atoms with van der Waals surface area (Å²) in [6.45, 7) is -0.134. The van der Waals surface area contributed by atoms with E-state index in [1.165, 1.54) is 6.42 Å². The van der Waals surface area contributed by atoms with E-state index in [2.05, 4.69) is 5.32 Å². The number of ether oxygens (including phenoxy) is 1. The zero-order valence-corrected chi connectivity index (χ0v) is 14.4. The van der Waals surface area contributed by atoms with Gasteiger partial charge in [-0.05, 0) is 30.5 Å². The summed E-state index contributed by atoms with van der Waals surface area (Å²) < 4.78 is 5.17. The second kappa shape index (κ2) is 9.30. The number of nitrogens with two attached hydrogens (primary N) is 1. The molecule has 0 bridgehead atoms. The van der Waals surface area contributed by atoms with E-state index >= 15 is 0 Å². The van der Waals surface area contributed by atoms with Gasteiger partial charge in [0.25, 0.3) is 0 Å². The summed E-state index contributed by atoms with van der Waals surface area (Å²) in [5.74, 6) is -2.89. The number of amides is 1. The van der Waals surface area contributed by atoms with Crippen molar-refractivity contribution in [1.29, 1.82) is 0 Å². The molecule has 2 rings (SSSR count). The number of carboxylic acid groups (broad SMARTS) is 2. The van der Waals surface area contributed by atoms with Gasteiger partial charge in [0.15, 0.2) is 6.10 Å². The van der Waals surface area contributed by atoms with E-state index in [1.54, 1.807) is 24.3 Å². The Bertz CT molecular complexity index is 657. The van der Waals surface area contributed by atoms with Crippen LogP contribution in [-0.4, -0.2) is 40.2 Å². The van der Waals surface area contributed by atoms with E-state index < -0.39 is 24.1 Å². The smallest absolute Gasteiger partial charge is 0.335 e. The summed E-state index contributed by atoms with van der Waals surface area (Å²) in [7, 11) is 0. The zero-order valence-electron chi connectivity index (χ0n) is 14.4. The summed E-state index contributed by atoms with van der Waals surface area (Å²) in [6.07, 6.45) is 3.41. The van der Waals surface area contributed by atoms with Gasteiger partial charge < -0.3 is 26.0 Å². The first-order valence-electron chi connectivity index (χ1n) is 8.61. The van der Waals surface area contributed by atoms with E-state index in [0.717, 1.165) is 25.7 Å². The number of rotatable bonds is 8. The number of anilines is 1. The molecule has 5 N–H and O–H groups in total. The van der Waals surface area contributed by atoms with Crippen LogP contribution < -0.4 is 11.1 Å². The maximum atomic E-state index is 12.3. The van der Waals surface area contributed by atoms with Gasteiger partial charge in [0.2, 0.25) is 5.91 Å². The first-order chi connectivity index (χ1) is 12.4. The number of aliphatic carboxylic acids is 2. The van der Waals surface area contributed by atoms with Crippen LogP contribution in [0.5, 0.6) is 0 Å². The fourth-order valence-electron chi connectivity index (χ4n) is 2.99. The number of carboxylic acids is 2. The van der Waals surface area contributed by atoms with Gasteiger partial charge in [0.1, 0.15) is 6.04 Å². The molecule has 0 aliphatic heterocycles. The molecular formula is C18H24N2O6. The molecule has 1 aromatic rings. The molecule has 1 aliphatic carbocycles. The van der Waals surface area contributed by atoms with E-state index in [0.29, 0.717) is 11.3 Å². The maximum Gasteiger partial charge on any atom is 0.335 e. The Morgan fingerprint density at radius 3 is 2.46 bits per heavy atom. The Labute approximate surface area is 151 Å². The highest BCUT2D eigenvalue weighted by Gasteiger charge is 2.31. The first-order valence-corrected chi connectivity index (χ1v) is 8.61. The van der Waals surface area contributed by atoms with Gasteiger partial charge in [-0.15, -0.1) is 0 Å². The number of carbonyl (C=O) groups excluding carboxylic acids is 1. The number of carbonyl (C=O) groups is 3. The topological polar surface area (TPSA) is 139 Å². The minimum atomic E-state index is -1.67. The third-order valence-electron chi connectivity index (χ3n) is 4.45. The van der Waals surface area contributed by atoms with Crippen LogP contribution in [0.3, 0.4) is 0 Å². The van der Waals surface area contributed by atoms with Crippen molar-refractivity contribution in [3.8, 4) is 0 Å². The monoisotopic (exact) mass is 364 g/mol. The number of nitrogens with one attached hydrogen (secondary N) is 1. The minimum Gasteiger partial charge on any atom is -0.480 e. The molecule has 8 heteroatoms. The zero-order chi connectivity index (χ0) is 19.1. The molecule has 1 saturated carbocycles. The third kappa shape index (κ3) is 5.53. The molecule has 0 heterocycles. The fourth-order valence-corrected chi connectivity index (χ4v) is 2.99. The van der Waals surface area contributed by atoms with Crippen molar-refractivity contribution >= 4 is 23.5 Å². The summed E-state index contributed by atoms with van der Waals surface area (Å²) >= 11 is 0. The molecule has 0 saturated heterocycles. The van der Waals surface area contributed by atoms with Crippen LogP contribution in [0.4, 0.5) is 5.69 Å². The molecule has 0 radical (unpaired) electrons. The molecule has 26 heavy (non-hydrogen) atoms. The molecule has 0 spiro atoms. The third-order valence-corrected chi connectivity index (χ3v) is 4.45. The molecular weight excluding hydrogens is 340 g/mol. The quantitative estimate of drug-likeness (QED) is 0.549. The summed E-state index contributed by atoms with van der Waals surface area (Å²) in [6, 6.07) is 5.15. The Morgan fingerprint density at radius 2 is 1.85 bits per heavy atom. The number of hydrogen-bond donors (Lipinski definition) is 4. The molecule has 1 fully saturated rings. The van der Waals surface area contributed by atoms with Crippen molar-refractivity contribution in [3.05, 3.63) is 29.8 Å². The van der Waals surface area contributed by atoms with E-state index in [1.807, 2.05) is 0 Å². The molecule has 0 aromatic heterocycles. The highest BCUT2D eigenvalue weighted by molar-refractivity contribution is 5.92. The van der Waals surface area contributed by atoms with Crippen LogP contribution in [0.25, 0.3) is 0 Å². The van der Waals surface area contributed by atoms with Crippen LogP contribution in [0.2, 0.25) is 0 Å². The van der Waals surface area contributed by atoms with Crippen LogP contribution in [-0.2, 0) is 25.7 Å². The van der Waals surface area contributed by atoms with Crippen molar-refractivity contribution in [1.82, 2.24) is 0 Å². The molecule has 1 aliphatic rings. The SMILES string of the molecule is N[C@H](C(=O)O)[C@H](OCc1cccc(NC(=O)C2CCCCC2)c1)C(=O)O. The predicted molar refractivity (Wildman–Crippen MR) is 93.5 cm³/mol. The summed E-state index contributed by atoms with van der Waals surface area (Å²) in [5, 5.41) is 20.8. The lowest BCUT2D eigenvalue weighted by Crippen LogP contribution is -2.47. The number of hydrogen-bond acceptors (Lipinski definition) is 5. The average molecular weight is 364 g/mol. The summed E-state index contributed by atoms with van der Waals surface area (Å²) in [5.41, 5.74) is 6.54. The fraction of sp³-hybridized carbons (Fsp3) is 0.500. The van der Waals surface area contributed by atoms with E-state index in [9.17, 15) is 14.4 Å². The van der Waals surface area contributed by atoms with Crippen LogP contribution >= 0.6 is 0 Å². The Hall–Kier alpha value is -2.45. The van der Waals surface area contributed by atoms with Gasteiger partial charge in [0.05, 0.1) is 6.61 Å². The first kappa shape index (κ1) is 19.9. The molecule has 2 atom stereocenters.